The van der Waals surface area contributed by atoms with E-state index in [1.807, 2.05) is 6.92 Å². The van der Waals surface area contributed by atoms with E-state index in [2.05, 4.69) is 25.7 Å². The Labute approximate surface area is 173 Å². The van der Waals surface area contributed by atoms with Gasteiger partial charge in [0.05, 0.1) is 13.0 Å². The molecule has 0 spiro atoms. The van der Waals surface area contributed by atoms with Crippen molar-refractivity contribution in [3.05, 3.63) is 65.5 Å². The fraction of sp³-hybridized carbons (Fsp3) is 0.333. The molecule has 0 radical (unpaired) electrons. The minimum Gasteiger partial charge on any atom is -0.434 e. The largest absolute Gasteiger partial charge is 0.434 e. The number of aliphatic imine (C=N–C) groups is 1. The molecule has 0 fully saturated rings. The van der Waals surface area contributed by atoms with Gasteiger partial charge in [0.15, 0.2) is 5.96 Å². The first-order chi connectivity index (χ1) is 14.5. The van der Waals surface area contributed by atoms with Crippen LogP contribution in [-0.2, 0) is 17.8 Å². The second kappa shape index (κ2) is 12.4. The molecule has 9 heteroatoms. The third-order valence-electron chi connectivity index (χ3n) is 3.93. The van der Waals surface area contributed by atoms with Crippen molar-refractivity contribution < 1.29 is 22.7 Å². The lowest BCUT2D eigenvalue weighted by atomic mass is 10.1. The van der Waals surface area contributed by atoms with Gasteiger partial charge in [-0.15, -0.1) is 0 Å². The SMILES string of the molecule is CCNC(=NCc1ccccc1OC(F)F)NCCNC(=O)Cc1cccc(F)c1. The maximum Gasteiger partial charge on any atom is 0.387 e. The Kier molecular flexibility index (Phi) is 9.50. The summed E-state index contributed by atoms with van der Waals surface area (Å²) in [6, 6.07) is 12.4. The molecule has 0 heterocycles. The zero-order chi connectivity index (χ0) is 21.8. The molecule has 3 N–H and O–H groups in total. The van der Waals surface area contributed by atoms with Crippen molar-refractivity contribution >= 4 is 11.9 Å². The summed E-state index contributed by atoms with van der Waals surface area (Å²) in [5.74, 6) is -0.0446. The van der Waals surface area contributed by atoms with Gasteiger partial charge in [0.2, 0.25) is 5.91 Å². The molecule has 0 saturated heterocycles. The number of hydrogen-bond donors (Lipinski definition) is 3. The number of nitrogens with zero attached hydrogens (tertiary/aromatic N) is 1. The average Bonchev–Trinajstić information content (AvgIpc) is 2.70. The first-order valence-corrected chi connectivity index (χ1v) is 9.54. The van der Waals surface area contributed by atoms with Crippen molar-refractivity contribution in [2.45, 2.75) is 26.5 Å². The lowest BCUT2D eigenvalue weighted by Crippen LogP contribution is -2.41. The highest BCUT2D eigenvalue weighted by Crippen LogP contribution is 2.20. The Hall–Kier alpha value is -3.23. The van der Waals surface area contributed by atoms with Crippen LogP contribution in [-0.4, -0.2) is 38.1 Å². The van der Waals surface area contributed by atoms with Crippen LogP contribution in [0.1, 0.15) is 18.1 Å². The molecule has 2 rings (SSSR count). The Morgan fingerprint density at radius 3 is 2.57 bits per heavy atom. The average molecular weight is 422 g/mol. The van der Waals surface area contributed by atoms with E-state index < -0.39 is 6.61 Å². The molecule has 0 aromatic heterocycles. The van der Waals surface area contributed by atoms with Gasteiger partial charge in [-0.1, -0.05) is 30.3 Å². The van der Waals surface area contributed by atoms with Gasteiger partial charge < -0.3 is 20.7 Å². The van der Waals surface area contributed by atoms with Crippen LogP contribution in [0.5, 0.6) is 5.75 Å². The standard InChI is InChI=1S/C21H25F3N4O2/c1-2-25-21(28-14-16-7-3-4-9-18(16)30-20(23)24)27-11-10-26-19(29)13-15-6-5-8-17(22)12-15/h3-9,12,20H,2,10-11,13-14H2,1H3,(H,26,29)(H2,25,27,28). The van der Waals surface area contributed by atoms with Crippen molar-refractivity contribution in [1.82, 2.24) is 16.0 Å². The summed E-state index contributed by atoms with van der Waals surface area (Å²) in [6.07, 6.45) is 0.0901. The van der Waals surface area contributed by atoms with Crippen molar-refractivity contribution in [1.29, 1.82) is 0 Å². The van der Waals surface area contributed by atoms with Crippen LogP contribution in [0.4, 0.5) is 13.2 Å². The molecule has 0 aliphatic heterocycles. The lowest BCUT2D eigenvalue weighted by Gasteiger charge is -2.13. The second-order valence-electron chi connectivity index (χ2n) is 6.26. The zero-order valence-corrected chi connectivity index (χ0v) is 16.6. The summed E-state index contributed by atoms with van der Waals surface area (Å²) in [6.45, 7) is 0.472. The van der Waals surface area contributed by atoms with E-state index in [1.165, 1.54) is 18.2 Å². The number of nitrogens with one attached hydrogen (secondary N) is 3. The van der Waals surface area contributed by atoms with Crippen molar-refractivity contribution in [3.63, 3.8) is 0 Å². The summed E-state index contributed by atoms with van der Waals surface area (Å²) in [5.41, 5.74) is 1.12. The third kappa shape index (κ3) is 8.42. The molecule has 30 heavy (non-hydrogen) atoms. The highest BCUT2D eigenvalue weighted by Gasteiger charge is 2.09. The van der Waals surface area contributed by atoms with Crippen LogP contribution in [0.3, 0.4) is 0 Å². The van der Waals surface area contributed by atoms with Gasteiger partial charge in [-0.2, -0.15) is 8.78 Å². The number of halogens is 3. The minimum atomic E-state index is -2.91. The number of amides is 1. The van der Waals surface area contributed by atoms with Gasteiger partial charge in [0.1, 0.15) is 11.6 Å². The van der Waals surface area contributed by atoms with Gasteiger partial charge >= 0.3 is 6.61 Å². The molecule has 2 aromatic carbocycles. The zero-order valence-electron chi connectivity index (χ0n) is 16.6. The van der Waals surface area contributed by atoms with E-state index in [-0.39, 0.29) is 30.4 Å². The number of para-hydroxylation sites is 1. The van der Waals surface area contributed by atoms with E-state index in [0.717, 1.165) is 0 Å². The lowest BCUT2D eigenvalue weighted by molar-refractivity contribution is -0.120. The fourth-order valence-corrected chi connectivity index (χ4v) is 2.63. The topological polar surface area (TPSA) is 74.8 Å². The predicted molar refractivity (Wildman–Crippen MR) is 109 cm³/mol. The monoisotopic (exact) mass is 422 g/mol. The number of carbonyl (C=O) groups is 1. The van der Waals surface area contributed by atoms with Gasteiger partial charge in [-0.3, -0.25) is 4.79 Å². The number of guanidine groups is 1. The highest BCUT2D eigenvalue weighted by atomic mass is 19.3. The summed E-state index contributed by atoms with van der Waals surface area (Å²) in [4.78, 5) is 16.3. The van der Waals surface area contributed by atoms with Crippen molar-refractivity contribution in [2.24, 2.45) is 4.99 Å². The number of alkyl halides is 2. The number of carbonyl (C=O) groups excluding carboxylic acids is 1. The van der Waals surface area contributed by atoms with Crippen LogP contribution < -0.4 is 20.7 Å². The Morgan fingerprint density at radius 2 is 1.83 bits per heavy atom. The molecule has 0 aliphatic carbocycles. The first kappa shape index (κ1) is 23.1. The van der Waals surface area contributed by atoms with Crippen LogP contribution in [0, 0.1) is 5.82 Å². The van der Waals surface area contributed by atoms with E-state index in [0.29, 0.717) is 36.7 Å². The summed E-state index contributed by atoms with van der Waals surface area (Å²) in [7, 11) is 0. The molecule has 0 saturated carbocycles. The third-order valence-corrected chi connectivity index (χ3v) is 3.93. The molecule has 0 aliphatic rings. The Morgan fingerprint density at radius 1 is 1.07 bits per heavy atom. The highest BCUT2D eigenvalue weighted by molar-refractivity contribution is 5.80. The molecule has 0 unspecified atom stereocenters. The van der Waals surface area contributed by atoms with Crippen molar-refractivity contribution in [2.75, 3.05) is 19.6 Å². The van der Waals surface area contributed by atoms with Crippen LogP contribution in [0.2, 0.25) is 0 Å². The van der Waals surface area contributed by atoms with Crippen LogP contribution in [0.25, 0.3) is 0 Å². The van der Waals surface area contributed by atoms with Gasteiger partial charge in [0.25, 0.3) is 0 Å². The number of ether oxygens (including phenoxy) is 1. The number of hydrogen-bond acceptors (Lipinski definition) is 3. The smallest absolute Gasteiger partial charge is 0.387 e. The molecule has 0 bridgehead atoms. The van der Waals surface area contributed by atoms with E-state index in [4.69, 9.17) is 0 Å². The predicted octanol–water partition coefficient (Wildman–Crippen LogP) is 2.84. The van der Waals surface area contributed by atoms with Gasteiger partial charge in [0, 0.05) is 25.2 Å². The number of rotatable bonds is 10. The maximum atomic E-state index is 13.2. The summed E-state index contributed by atoms with van der Waals surface area (Å²) >= 11 is 0. The summed E-state index contributed by atoms with van der Waals surface area (Å²) < 4.78 is 42.7. The van der Waals surface area contributed by atoms with Crippen molar-refractivity contribution in [3.8, 4) is 5.75 Å². The van der Waals surface area contributed by atoms with Crippen LogP contribution >= 0.6 is 0 Å². The quantitative estimate of drug-likeness (QED) is 0.313. The van der Waals surface area contributed by atoms with E-state index >= 15 is 0 Å². The minimum absolute atomic E-state index is 0.0803. The maximum absolute atomic E-state index is 13.2. The van der Waals surface area contributed by atoms with E-state index in [1.54, 1.807) is 30.3 Å². The molecular formula is C21H25F3N4O2. The van der Waals surface area contributed by atoms with Gasteiger partial charge in [-0.05, 0) is 30.7 Å². The molecule has 162 valence electrons. The second-order valence-corrected chi connectivity index (χ2v) is 6.26. The molecule has 6 nitrogen and oxygen atoms in total. The normalized spacial score (nSPS) is 11.3. The molecular weight excluding hydrogens is 397 g/mol. The van der Waals surface area contributed by atoms with Crippen LogP contribution in [0.15, 0.2) is 53.5 Å². The summed E-state index contributed by atoms with van der Waals surface area (Å²) in [5, 5.41) is 8.84. The Bertz CT molecular complexity index is 847. The molecule has 0 atom stereocenters. The molecule has 2 aromatic rings. The molecule has 1 amide bonds. The fourth-order valence-electron chi connectivity index (χ4n) is 2.63. The van der Waals surface area contributed by atoms with Gasteiger partial charge in [-0.25, -0.2) is 9.38 Å². The first-order valence-electron chi connectivity index (χ1n) is 9.54. The Balaban J connectivity index is 1.82. The number of benzene rings is 2. The van der Waals surface area contributed by atoms with E-state index in [9.17, 15) is 18.0 Å².